The fourth-order valence-corrected chi connectivity index (χ4v) is 6.65. The predicted molar refractivity (Wildman–Crippen MR) is 185 cm³/mol. The van der Waals surface area contributed by atoms with Crippen molar-refractivity contribution in [2.75, 3.05) is 20.5 Å². The summed E-state index contributed by atoms with van der Waals surface area (Å²) in [5.74, 6) is 1.67. The summed E-state index contributed by atoms with van der Waals surface area (Å²) in [7, 11) is -0.289. The van der Waals surface area contributed by atoms with Crippen LogP contribution in [-0.2, 0) is 22.1 Å². The van der Waals surface area contributed by atoms with E-state index in [0.717, 1.165) is 41.6 Å². The van der Waals surface area contributed by atoms with E-state index < -0.39 is 8.32 Å². The number of carbonyl (C=O) groups excluding carboxylic acids is 2. The molecule has 248 valence electrons. The molecule has 7 nitrogen and oxygen atoms in total. The number of unbranched alkanes of at least 4 members (excludes halogenated alkanes) is 1. The number of rotatable bonds is 15. The van der Waals surface area contributed by atoms with E-state index in [0.29, 0.717) is 41.5 Å². The summed E-state index contributed by atoms with van der Waals surface area (Å²) < 4.78 is 23.3. The van der Waals surface area contributed by atoms with Gasteiger partial charge in [-0.2, -0.15) is 0 Å². The lowest BCUT2D eigenvalue weighted by Gasteiger charge is -2.37. The number of ketones is 2. The smallest absolute Gasteiger partial charge is 0.231 e. The van der Waals surface area contributed by atoms with Crippen LogP contribution >= 0.6 is 0 Å². The maximum Gasteiger partial charge on any atom is 0.231 e. The molecule has 8 heteroatoms. The maximum atomic E-state index is 14.7. The lowest BCUT2D eigenvalue weighted by molar-refractivity contribution is -0.117. The summed E-state index contributed by atoms with van der Waals surface area (Å²) in [6.45, 7) is 17.9. The Hall–Kier alpha value is -3.49. The minimum atomic E-state index is -1.93. The molecule has 0 spiro atoms. The standard InChI is InChI=1S/C38H51NO6Si/c1-10-11-12-29-14-16-32(33(20-26(3)40)27-13-18-34-35(22-27)44-24-43-34)36(39-29)37(41)31-17-15-30(42-7)21-28(31)19-25(2)23-45-46(8,9)38(4,5)6/h13-18,21-22,25,33H,10-12,19-20,23-24H2,1-9H3/t25-,33?/m0/s1. The molecule has 2 heterocycles. The molecule has 0 amide bonds. The first-order valence-corrected chi connectivity index (χ1v) is 19.4. The summed E-state index contributed by atoms with van der Waals surface area (Å²) in [5.41, 5.74) is 4.35. The zero-order valence-electron chi connectivity index (χ0n) is 29.1. The molecule has 0 saturated carbocycles. The first kappa shape index (κ1) is 35.4. The fraction of sp³-hybridized carbons (Fsp3) is 0.500. The van der Waals surface area contributed by atoms with Crippen LogP contribution in [0.2, 0.25) is 18.1 Å². The Morgan fingerprint density at radius 2 is 1.76 bits per heavy atom. The fourth-order valence-electron chi connectivity index (χ4n) is 5.51. The highest BCUT2D eigenvalue weighted by molar-refractivity contribution is 6.74. The van der Waals surface area contributed by atoms with Gasteiger partial charge in [-0.15, -0.1) is 0 Å². The van der Waals surface area contributed by atoms with Crippen LogP contribution in [0.5, 0.6) is 17.2 Å². The highest BCUT2D eigenvalue weighted by atomic mass is 28.4. The van der Waals surface area contributed by atoms with Gasteiger partial charge in [-0.25, -0.2) is 4.98 Å². The van der Waals surface area contributed by atoms with Gasteiger partial charge in [-0.05, 0) is 103 Å². The zero-order valence-corrected chi connectivity index (χ0v) is 30.1. The summed E-state index contributed by atoms with van der Waals surface area (Å²) in [5, 5.41) is 0.114. The van der Waals surface area contributed by atoms with Crippen molar-refractivity contribution in [3.05, 3.63) is 82.2 Å². The van der Waals surface area contributed by atoms with E-state index in [-0.39, 0.29) is 41.7 Å². The number of benzene rings is 2. The Kier molecular flexibility index (Phi) is 11.5. The van der Waals surface area contributed by atoms with Crippen molar-refractivity contribution in [2.45, 2.75) is 97.7 Å². The average molecular weight is 646 g/mol. The Bertz CT molecular complexity index is 1540. The van der Waals surface area contributed by atoms with Crippen LogP contribution in [0.15, 0.2) is 48.5 Å². The number of carbonyl (C=O) groups is 2. The molecular formula is C38H51NO6Si. The molecule has 1 aromatic heterocycles. The topological polar surface area (TPSA) is 84.0 Å². The normalized spacial score (nSPS) is 14.2. The van der Waals surface area contributed by atoms with Crippen molar-refractivity contribution in [2.24, 2.45) is 5.92 Å². The molecule has 2 atom stereocenters. The predicted octanol–water partition coefficient (Wildman–Crippen LogP) is 8.70. The van der Waals surface area contributed by atoms with Gasteiger partial charge in [-0.1, -0.05) is 53.2 Å². The van der Waals surface area contributed by atoms with E-state index in [1.807, 2.05) is 48.5 Å². The zero-order chi connectivity index (χ0) is 33.6. The molecule has 0 N–H and O–H groups in total. The van der Waals surface area contributed by atoms with Crippen LogP contribution in [0, 0.1) is 5.92 Å². The quantitative estimate of drug-likeness (QED) is 0.121. The van der Waals surface area contributed by atoms with E-state index in [9.17, 15) is 9.59 Å². The van der Waals surface area contributed by atoms with Crippen molar-refractivity contribution >= 4 is 19.9 Å². The monoisotopic (exact) mass is 645 g/mol. The van der Waals surface area contributed by atoms with Crippen molar-refractivity contribution < 1.29 is 28.2 Å². The van der Waals surface area contributed by atoms with Gasteiger partial charge in [0.15, 0.2) is 19.8 Å². The molecule has 0 bridgehead atoms. The van der Waals surface area contributed by atoms with Crippen molar-refractivity contribution in [3.63, 3.8) is 0 Å². The highest BCUT2D eigenvalue weighted by Gasteiger charge is 2.37. The second-order valence-corrected chi connectivity index (χ2v) is 19.0. The number of Topliss-reactive ketones (excluding diaryl/α,β-unsaturated/α-hetero) is 1. The van der Waals surface area contributed by atoms with Crippen LogP contribution in [0.4, 0.5) is 0 Å². The number of pyridine rings is 1. The van der Waals surface area contributed by atoms with Gasteiger partial charge in [0.2, 0.25) is 12.6 Å². The van der Waals surface area contributed by atoms with Crippen LogP contribution in [0.25, 0.3) is 0 Å². The van der Waals surface area contributed by atoms with Crippen molar-refractivity contribution in [1.29, 1.82) is 0 Å². The van der Waals surface area contributed by atoms with E-state index in [1.54, 1.807) is 14.0 Å². The number of aromatic nitrogens is 1. The summed E-state index contributed by atoms with van der Waals surface area (Å²) in [4.78, 5) is 32.3. The van der Waals surface area contributed by atoms with E-state index in [4.69, 9.17) is 23.6 Å². The van der Waals surface area contributed by atoms with E-state index in [2.05, 4.69) is 47.7 Å². The largest absolute Gasteiger partial charge is 0.497 e. The number of ether oxygens (including phenoxy) is 3. The van der Waals surface area contributed by atoms with Gasteiger partial charge in [0.1, 0.15) is 17.2 Å². The molecule has 1 aliphatic heterocycles. The Morgan fingerprint density at radius 3 is 2.43 bits per heavy atom. The Morgan fingerprint density at radius 1 is 1.02 bits per heavy atom. The molecule has 4 rings (SSSR count). The molecule has 0 saturated heterocycles. The molecule has 1 unspecified atom stereocenters. The third-order valence-electron chi connectivity index (χ3n) is 9.31. The van der Waals surface area contributed by atoms with Crippen LogP contribution in [0.3, 0.4) is 0 Å². The third kappa shape index (κ3) is 8.45. The molecule has 2 aromatic carbocycles. The van der Waals surface area contributed by atoms with Gasteiger partial charge in [-0.3, -0.25) is 9.59 Å². The molecule has 3 aromatic rings. The van der Waals surface area contributed by atoms with Gasteiger partial charge >= 0.3 is 0 Å². The number of aryl methyl sites for hydroxylation is 1. The lowest BCUT2D eigenvalue weighted by atomic mass is 9.83. The van der Waals surface area contributed by atoms with Gasteiger partial charge in [0, 0.05) is 30.2 Å². The first-order chi connectivity index (χ1) is 21.7. The van der Waals surface area contributed by atoms with E-state index >= 15 is 0 Å². The lowest BCUT2D eigenvalue weighted by Crippen LogP contribution is -2.41. The van der Waals surface area contributed by atoms with Gasteiger partial charge in [0.05, 0.1) is 7.11 Å². The SMILES string of the molecule is CCCCc1ccc(C(CC(C)=O)c2ccc3c(c2)OCO3)c(C(=O)c2ccc(OC)cc2C[C@H](C)CO[Si](C)(C)C(C)(C)C)n1. The molecular weight excluding hydrogens is 595 g/mol. The van der Waals surface area contributed by atoms with Gasteiger partial charge < -0.3 is 18.6 Å². The molecule has 0 aliphatic carbocycles. The number of methoxy groups -OCH3 is 1. The number of hydrogen-bond acceptors (Lipinski definition) is 7. The molecule has 0 fully saturated rings. The molecule has 1 aliphatic rings. The second kappa shape index (κ2) is 14.9. The molecule has 0 radical (unpaired) electrons. The summed E-state index contributed by atoms with van der Waals surface area (Å²) >= 11 is 0. The Balaban J connectivity index is 1.77. The van der Waals surface area contributed by atoms with Crippen molar-refractivity contribution in [3.8, 4) is 17.2 Å². The highest BCUT2D eigenvalue weighted by Crippen LogP contribution is 2.40. The van der Waals surface area contributed by atoms with Crippen LogP contribution in [0.1, 0.15) is 105 Å². The minimum absolute atomic E-state index is 0.0248. The second-order valence-electron chi connectivity index (χ2n) is 14.1. The molecule has 46 heavy (non-hydrogen) atoms. The van der Waals surface area contributed by atoms with Crippen molar-refractivity contribution in [1.82, 2.24) is 4.98 Å². The maximum absolute atomic E-state index is 14.7. The number of nitrogens with zero attached hydrogens (tertiary/aromatic N) is 1. The Labute approximate surface area is 276 Å². The minimum Gasteiger partial charge on any atom is -0.497 e. The average Bonchev–Trinajstić information content (AvgIpc) is 3.49. The van der Waals surface area contributed by atoms with Gasteiger partial charge in [0.25, 0.3) is 0 Å². The first-order valence-electron chi connectivity index (χ1n) is 16.5. The summed E-state index contributed by atoms with van der Waals surface area (Å²) in [6, 6.07) is 15.4. The number of fused-ring (bicyclic) bond motifs is 1. The van der Waals surface area contributed by atoms with Crippen LogP contribution < -0.4 is 14.2 Å². The number of hydrogen-bond donors (Lipinski definition) is 0. The van der Waals surface area contributed by atoms with E-state index in [1.165, 1.54) is 0 Å². The van der Waals surface area contributed by atoms with Crippen LogP contribution in [-0.4, -0.2) is 45.4 Å². The summed E-state index contributed by atoms with van der Waals surface area (Å²) in [6.07, 6.45) is 3.65. The third-order valence-corrected chi connectivity index (χ3v) is 13.8.